The van der Waals surface area contributed by atoms with Gasteiger partial charge in [0, 0.05) is 30.6 Å². The van der Waals surface area contributed by atoms with Gasteiger partial charge in [0.15, 0.2) is 23.1 Å². The average molecular weight is 365 g/mol. The van der Waals surface area contributed by atoms with Crippen LogP contribution in [0.4, 0.5) is 0 Å². The maximum atomic E-state index is 11.8. The highest BCUT2D eigenvalue weighted by atomic mass is 16.7. The zero-order valence-corrected chi connectivity index (χ0v) is 15.3. The number of hydrogen-bond acceptors (Lipinski definition) is 6. The Balaban J connectivity index is 1.84. The number of carbonyl (C=O) groups excluding carboxylic acids is 1. The van der Waals surface area contributed by atoms with Crippen LogP contribution in [0.3, 0.4) is 0 Å². The fraction of sp³-hybridized carbons (Fsp3) is 0.263. The van der Waals surface area contributed by atoms with Crippen molar-refractivity contribution in [2.24, 2.45) is 0 Å². The minimum absolute atomic E-state index is 0.0966. The van der Waals surface area contributed by atoms with Gasteiger partial charge in [-0.15, -0.1) is 0 Å². The molecule has 0 spiro atoms. The number of carbonyl (C=O) groups is 1. The summed E-state index contributed by atoms with van der Waals surface area (Å²) < 4.78 is 12.6. The summed E-state index contributed by atoms with van der Waals surface area (Å²) in [6.07, 6.45) is 1.88. The smallest absolute Gasteiger partial charge is 0.231 e. The lowest BCUT2D eigenvalue weighted by Crippen LogP contribution is -2.20. The molecular formula is C19H19N5O3. The molecule has 0 fully saturated rings. The molecule has 3 aromatic rings. The average Bonchev–Trinajstić information content (AvgIpc) is 3.27. The van der Waals surface area contributed by atoms with Gasteiger partial charge in [0.2, 0.25) is 12.7 Å². The first-order chi connectivity index (χ1) is 13.0. The Hall–Kier alpha value is -3.42. The molecule has 8 nitrogen and oxygen atoms in total. The van der Waals surface area contributed by atoms with Gasteiger partial charge in [0.1, 0.15) is 0 Å². The number of likely N-dealkylation sites (N-methyl/N-ethyl adjacent to an activating group) is 1. The molecule has 0 saturated heterocycles. The first-order valence-corrected chi connectivity index (χ1v) is 8.55. The van der Waals surface area contributed by atoms with E-state index in [1.807, 2.05) is 38.1 Å². The predicted octanol–water partition coefficient (Wildman–Crippen LogP) is 1.96. The van der Waals surface area contributed by atoms with Crippen molar-refractivity contribution in [2.45, 2.75) is 20.3 Å². The summed E-state index contributed by atoms with van der Waals surface area (Å²) in [7, 11) is 1.59. The van der Waals surface area contributed by atoms with E-state index in [4.69, 9.17) is 9.47 Å². The fourth-order valence-corrected chi connectivity index (χ4v) is 2.96. The van der Waals surface area contributed by atoms with Gasteiger partial charge in [-0.05, 0) is 37.6 Å². The monoisotopic (exact) mass is 365 g/mol. The Morgan fingerprint density at radius 3 is 2.81 bits per heavy atom. The van der Waals surface area contributed by atoms with Gasteiger partial charge in [-0.2, -0.15) is 5.10 Å². The summed E-state index contributed by atoms with van der Waals surface area (Å²) in [6, 6.07) is 7.56. The molecule has 1 aliphatic rings. The molecule has 27 heavy (non-hydrogen) atoms. The number of hydrogen-bond donors (Lipinski definition) is 1. The normalized spacial score (nSPS) is 12.3. The molecule has 1 aliphatic heterocycles. The number of fused-ring (bicyclic) bond motifs is 1. The van der Waals surface area contributed by atoms with Crippen molar-refractivity contribution in [2.75, 3.05) is 13.8 Å². The van der Waals surface area contributed by atoms with Gasteiger partial charge in [-0.1, -0.05) is 0 Å². The maximum Gasteiger partial charge on any atom is 0.231 e. The fourth-order valence-electron chi connectivity index (χ4n) is 2.96. The highest BCUT2D eigenvalue weighted by Gasteiger charge is 2.20. The van der Waals surface area contributed by atoms with E-state index in [9.17, 15) is 4.79 Å². The summed E-state index contributed by atoms with van der Waals surface area (Å²) in [5.74, 6) is 2.25. The lowest BCUT2D eigenvalue weighted by Gasteiger charge is -2.09. The molecule has 0 unspecified atom stereocenters. The van der Waals surface area contributed by atoms with Crippen molar-refractivity contribution in [1.29, 1.82) is 0 Å². The second-order valence-electron chi connectivity index (χ2n) is 6.29. The molecule has 138 valence electrons. The Morgan fingerprint density at radius 2 is 2.04 bits per heavy atom. The molecule has 2 aromatic heterocycles. The molecule has 1 amide bonds. The number of aryl methyl sites for hydroxylation is 2. The highest BCUT2D eigenvalue weighted by Crippen LogP contribution is 2.34. The summed E-state index contributed by atoms with van der Waals surface area (Å²) >= 11 is 0. The quantitative estimate of drug-likeness (QED) is 0.760. The van der Waals surface area contributed by atoms with Crippen LogP contribution in [0.15, 0.2) is 30.5 Å². The van der Waals surface area contributed by atoms with Crippen molar-refractivity contribution >= 4 is 5.91 Å². The maximum absolute atomic E-state index is 11.8. The van der Waals surface area contributed by atoms with Crippen LogP contribution in [0, 0.1) is 13.8 Å². The van der Waals surface area contributed by atoms with Crippen molar-refractivity contribution in [3.05, 3.63) is 47.5 Å². The van der Waals surface area contributed by atoms with E-state index in [1.54, 1.807) is 17.9 Å². The third-order valence-electron chi connectivity index (χ3n) is 4.34. The topological polar surface area (TPSA) is 91.2 Å². The zero-order chi connectivity index (χ0) is 19.0. The number of ether oxygens (including phenoxy) is 2. The summed E-state index contributed by atoms with van der Waals surface area (Å²) in [5, 5.41) is 7.15. The number of rotatable bonds is 4. The third kappa shape index (κ3) is 3.21. The molecule has 1 aromatic carbocycles. The SMILES string of the molecule is CNC(=O)Cc1nc(-c2cnc(C)cc2C)n(-c2ccc3c(c2)OCO3)n1. The first kappa shape index (κ1) is 17.0. The lowest BCUT2D eigenvalue weighted by atomic mass is 10.1. The molecule has 0 saturated carbocycles. The molecule has 0 bridgehead atoms. The molecule has 0 aliphatic carbocycles. The van der Waals surface area contributed by atoms with E-state index in [1.165, 1.54) is 0 Å². The second-order valence-corrected chi connectivity index (χ2v) is 6.29. The van der Waals surface area contributed by atoms with E-state index in [0.717, 1.165) is 22.5 Å². The Bertz CT molecular complexity index is 1030. The second kappa shape index (κ2) is 6.71. The molecule has 1 N–H and O–H groups in total. The van der Waals surface area contributed by atoms with Crippen LogP contribution in [0.2, 0.25) is 0 Å². The van der Waals surface area contributed by atoms with Crippen molar-refractivity contribution in [3.8, 4) is 28.6 Å². The van der Waals surface area contributed by atoms with E-state index in [0.29, 0.717) is 23.1 Å². The van der Waals surface area contributed by atoms with Gasteiger partial charge in [0.25, 0.3) is 0 Å². The van der Waals surface area contributed by atoms with Crippen LogP contribution in [-0.2, 0) is 11.2 Å². The molecule has 8 heteroatoms. The van der Waals surface area contributed by atoms with E-state index < -0.39 is 0 Å². The number of benzene rings is 1. The molecular weight excluding hydrogens is 346 g/mol. The minimum atomic E-state index is -0.150. The Kier molecular flexibility index (Phi) is 4.23. The van der Waals surface area contributed by atoms with Crippen molar-refractivity contribution in [3.63, 3.8) is 0 Å². The predicted molar refractivity (Wildman–Crippen MR) is 98.0 cm³/mol. The molecule has 0 radical (unpaired) electrons. The Morgan fingerprint density at radius 1 is 1.22 bits per heavy atom. The lowest BCUT2D eigenvalue weighted by molar-refractivity contribution is -0.120. The van der Waals surface area contributed by atoms with Crippen LogP contribution in [-0.4, -0.2) is 39.5 Å². The highest BCUT2D eigenvalue weighted by molar-refractivity contribution is 5.77. The zero-order valence-electron chi connectivity index (χ0n) is 15.3. The van der Waals surface area contributed by atoms with Crippen LogP contribution in [0.25, 0.3) is 17.1 Å². The van der Waals surface area contributed by atoms with Gasteiger partial charge in [0.05, 0.1) is 12.1 Å². The van der Waals surface area contributed by atoms with Crippen molar-refractivity contribution < 1.29 is 14.3 Å². The summed E-state index contributed by atoms with van der Waals surface area (Å²) in [5.41, 5.74) is 3.58. The van der Waals surface area contributed by atoms with Gasteiger partial charge in [-0.3, -0.25) is 9.78 Å². The van der Waals surface area contributed by atoms with Crippen molar-refractivity contribution in [1.82, 2.24) is 25.1 Å². The summed E-state index contributed by atoms with van der Waals surface area (Å²) in [4.78, 5) is 20.8. The van der Waals surface area contributed by atoms with Crippen LogP contribution in [0.1, 0.15) is 17.1 Å². The van der Waals surface area contributed by atoms with E-state index in [2.05, 4.69) is 20.4 Å². The summed E-state index contributed by atoms with van der Waals surface area (Å²) in [6.45, 7) is 4.14. The first-order valence-electron chi connectivity index (χ1n) is 8.55. The van der Waals surface area contributed by atoms with Gasteiger partial charge in [-0.25, -0.2) is 9.67 Å². The number of aromatic nitrogens is 4. The molecule has 4 rings (SSSR count). The molecule has 3 heterocycles. The van der Waals surface area contributed by atoms with E-state index >= 15 is 0 Å². The van der Waals surface area contributed by atoms with Crippen LogP contribution < -0.4 is 14.8 Å². The Labute approximate surface area is 156 Å². The number of amides is 1. The number of nitrogens with one attached hydrogen (secondary N) is 1. The molecule has 0 atom stereocenters. The van der Waals surface area contributed by atoms with Gasteiger partial charge >= 0.3 is 0 Å². The minimum Gasteiger partial charge on any atom is -0.454 e. The van der Waals surface area contributed by atoms with Crippen LogP contribution >= 0.6 is 0 Å². The largest absolute Gasteiger partial charge is 0.454 e. The van der Waals surface area contributed by atoms with E-state index in [-0.39, 0.29) is 19.1 Å². The number of nitrogens with zero attached hydrogens (tertiary/aromatic N) is 4. The van der Waals surface area contributed by atoms with Gasteiger partial charge < -0.3 is 14.8 Å². The van der Waals surface area contributed by atoms with Crippen LogP contribution in [0.5, 0.6) is 11.5 Å². The number of pyridine rings is 1. The third-order valence-corrected chi connectivity index (χ3v) is 4.34. The standard InChI is InChI=1S/C19H19N5O3/c1-11-6-12(2)21-9-14(11)19-22-17(8-18(25)20-3)23-24(19)13-4-5-15-16(7-13)27-10-26-15/h4-7,9H,8,10H2,1-3H3,(H,20,25).